The molecular formula is C8H10FN3O5. The van der Waals surface area contributed by atoms with Crippen molar-refractivity contribution in [3.05, 3.63) is 22.5 Å². The second-order valence-electron chi connectivity index (χ2n) is 3.49. The minimum absolute atomic E-state index is 0.604. The lowest BCUT2D eigenvalue weighted by Crippen LogP contribution is -2.32. The van der Waals surface area contributed by atoms with E-state index in [1.165, 1.54) is 0 Å². The van der Waals surface area contributed by atoms with Gasteiger partial charge < -0.3 is 25.1 Å². The number of hydrogen-bond acceptors (Lipinski definition) is 6. The van der Waals surface area contributed by atoms with E-state index in [-0.39, 0.29) is 0 Å². The Labute approximate surface area is 95.8 Å². The van der Waals surface area contributed by atoms with Gasteiger partial charge in [-0.1, -0.05) is 4.98 Å². The largest absolute Gasteiger partial charge is 0.436 e. The van der Waals surface area contributed by atoms with Crippen molar-refractivity contribution in [1.29, 1.82) is 0 Å². The van der Waals surface area contributed by atoms with Gasteiger partial charge in [0.15, 0.2) is 0 Å². The van der Waals surface area contributed by atoms with Crippen LogP contribution in [0.5, 0.6) is 0 Å². The minimum Gasteiger partial charge on any atom is -0.390 e. The Hall–Kier alpha value is -1.58. The van der Waals surface area contributed by atoms with E-state index in [0.29, 0.717) is 0 Å². The van der Waals surface area contributed by atoms with E-state index >= 15 is 0 Å². The van der Waals surface area contributed by atoms with Crippen LogP contribution in [0, 0.1) is 10.1 Å². The van der Waals surface area contributed by atoms with Crippen LogP contribution in [0.15, 0.2) is 12.4 Å². The maximum atomic E-state index is 12.8. The Morgan fingerprint density at radius 3 is 2.94 bits per heavy atom. The molecule has 0 aliphatic carbocycles. The summed E-state index contributed by atoms with van der Waals surface area (Å²) in [7, 11) is 0. The molecule has 1 fully saturated rings. The third-order valence-electron chi connectivity index (χ3n) is 2.49. The molecule has 0 aromatic carbocycles. The number of halogens is 1. The minimum atomic E-state index is -2.26. The molecule has 94 valence electrons. The average molecular weight is 248 g/mol. The zero-order chi connectivity index (χ0) is 13.4. The van der Waals surface area contributed by atoms with Gasteiger partial charge in [-0.15, -0.1) is 0 Å². The molecule has 0 bridgehead atoms. The number of nitrogens with zero attached hydrogens (tertiary/aromatic N) is 3. The van der Waals surface area contributed by atoms with Gasteiger partial charge in [-0.3, -0.25) is 0 Å². The van der Waals surface area contributed by atoms with Crippen molar-refractivity contribution in [2.45, 2.75) is 24.5 Å². The van der Waals surface area contributed by atoms with Crippen LogP contribution >= 0.6 is 0 Å². The Morgan fingerprint density at radius 2 is 2.41 bits per heavy atom. The predicted molar refractivity (Wildman–Crippen MR) is 50.8 cm³/mol. The van der Waals surface area contributed by atoms with Gasteiger partial charge >= 0.3 is 5.95 Å². The molecule has 5 atom stereocenters. The first kappa shape index (κ1) is 10.6. The van der Waals surface area contributed by atoms with Crippen LogP contribution in [-0.2, 0) is 4.74 Å². The third-order valence-corrected chi connectivity index (χ3v) is 2.49. The summed E-state index contributed by atoms with van der Waals surface area (Å²) in [5, 5.41) is 29.8. The van der Waals surface area contributed by atoms with E-state index in [1.807, 2.05) is 0 Å². The van der Waals surface area contributed by atoms with Crippen molar-refractivity contribution in [2.24, 2.45) is 0 Å². The summed E-state index contributed by atoms with van der Waals surface area (Å²) >= 11 is 0. The summed E-state index contributed by atoms with van der Waals surface area (Å²) in [6.07, 6.45) is -3.85. The van der Waals surface area contributed by atoms with E-state index in [0.717, 1.165) is 17.0 Å². The summed E-state index contributed by atoms with van der Waals surface area (Å²) in [5.74, 6) is -0.604. The van der Waals surface area contributed by atoms with Crippen LogP contribution in [0.3, 0.4) is 0 Å². The van der Waals surface area contributed by atoms with Crippen molar-refractivity contribution >= 4 is 5.95 Å². The predicted octanol–water partition coefficient (Wildman–Crippen LogP) is -0.620. The molecule has 1 aromatic rings. The number of aliphatic hydroxyl groups excluding tert-OH is 2. The first-order valence-electron chi connectivity index (χ1n) is 5.26. The van der Waals surface area contributed by atoms with Crippen LogP contribution in [-0.4, -0.2) is 49.6 Å². The molecule has 1 aromatic heterocycles. The number of hydrogen-bond donors (Lipinski definition) is 2. The average Bonchev–Trinajstić information content (AvgIpc) is 2.86. The van der Waals surface area contributed by atoms with Crippen molar-refractivity contribution in [3.63, 3.8) is 0 Å². The molecule has 1 aliphatic rings. The highest BCUT2D eigenvalue weighted by Gasteiger charge is 2.46. The fourth-order valence-electron chi connectivity index (χ4n) is 1.66. The smallest absolute Gasteiger partial charge is 0.390 e. The molecule has 1 saturated heterocycles. The van der Waals surface area contributed by atoms with Gasteiger partial charge in [-0.25, -0.2) is 4.39 Å². The summed E-state index contributed by atoms with van der Waals surface area (Å²) in [5.41, 5.74) is 0. The zero-order valence-corrected chi connectivity index (χ0v) is 8.38. The quantitative estimate of drug-likeness (QED) is 0.544. The lowest BCUT2D eigenvalue weighted by Gasteiger charge is -2.13. The fraction of sp³-hybridized carbons (Fsp3) is 0.625. The molecule has 17 heavy (non-hydrogen) atoms. The lowest BCUT2D eigenvalue weighted by molar-refractivity contribution is -0.398. The number of imidazole rings is 1. The number of aromatic nitrogens is 2. The summed E-state index contributed by atoms with van der Waals surface area (Å²) in [6.45, 7) is -2.26. The monoisotopic (exact) mass is 248 g/mol. The first-order chi connectivity index (χ1) is 8.43. The number of aliphatic hydroxyl groups is 2. The first-order valence-corrected chi connectivity index (χ1v) is 4.68. The molecule has 1 aliphatic heterocycles. The molecule has 2 rings (SSSR count). The Kier molecular flexibility index (Phi) is 2.71. The maximum Gasteiger partial charge on any atom is 0.436 e. The van der Waals surface area contributed by atoms with Gasteiger partial charge in [0.25, 0.3) is 0 Å². The standard InChI is InChI=1S/C8H10FN3O5/c9-3-4-5(13)6(14)7(17-4)11-2-1-10-8(11)12(15)16/h1-2,4-7,13-14H,3H2/t4-,5-,6+,7+/m1/s1/i3D/t3?,4-,5-,6+,7+. The molecule has 0 spiro atoms. The Balaban J connectivity index is 2.29. The van der Waals surface area contributed by atoms with Gasteiger partial charge in [0, 0.05) is 0 Å². The van der Waals surface area contributed by atoms with E-state index < -0.39 is 42.1 Å². The summed E-state index contributed by atoms with van der Waals surface area (Å²) in [6, 6.07) is 0. The highest BCUT2D eigenvalue weighted by molar-refractivity contribution is 5.09. The van der Waals surface area contributed by atoms with Crippen molar-refractivity contribution < 1.29 is 25.6 Å². The zero-order valence-electron chi connectivity index (χ0n) is 9.38. The van der Waals surface area contributed by atoms with Crippen LogP contribution in [0.2, 0.25) is 0 Å². The fourth-order valence-corrected chi connectivity index (χ4v) is 1.66. The molecule has 0 amide bonds. The number of nitro groups is 1. The van der Waals surface area contributed by atoms with Gasteiger partial charge in [0.2, 0.25) is 6.23 Å². The van der Waals surface area contributed by atoms with Crippen molar-refractivity contribution in [2.75, 3.05) is 6.65 Å². The molecule has 0 radical (unpaired) electrons. The summed E-state index contributed by atoms with van der Waals surface area (Å²) < 4.78 is 25.5. The number of rotatable bonds is 3. The second kappa shape index (κ2) is 4.35. The van der Waals surface area contributed by atoms with E-state index in [2.05, 4.69) is 4.98 Å². The van der Waals surface area contributed by atoms with Crippen LogP contribution in [0.4, 0.5) is 10.3 Å². The summed E-state index contributed by atoms with van der Waals surface area (Å²) in [4.78, 5) is 13.3. The molecule has 1 unspecified atom stereocenters. The van der Waals surface area contributed by atoms with Crippen LogP contribution in [0.25, 0.3) is 0 Å². The molecule has 2 N–H and O–H groups in total. The topological polar surface area (TPSA) is 111 Å². The van der Waals surface area contributed by atoms with Crippen LogP contribution < -0.4 is 0 Å². The third kappa shape index (κ3) is 1.88. The molecule has 8 nitrogen and oxygen atoms in total. The Bertz CT molecular complexity index is 456. The van der Waals surface area contributed by atoms with E-state index in [4.69, 9.17) is 6.11 Å². The van der Waals surface area contributed by atoms with E-state index in [9.17, 15) is 24.7 Å². The van der Waals surface area contributed by atoms with Gasteiger partial charge in [-0.2, -0.15) is 4.57 Å². The molecular weight excluding hydrogens is 237 g/mol. The number of ether oxygens (including phenoxy) is 1. The van der Waals surface area contributed by atoms with Gasteiger partial charge in [-0.05, 0) is 4.92 Å². The highest BCUT2D eigenvalue weighted by atomic mass is 19.1. The molecule has 2 heterocycles. The molecule has 9 heteroatoms. The maximum absolute atomic E-state index is 12.8. The van der Waals surface area contributed by atoms with Crippen molar-refractivity contribution in [1.82, 2.24) is 9.55 Å². The van der Waals surface area contributed by atoms with Gasteiger partial charge in [0.05, 0.1) is 1.37 Å². The van der Waals surface area contributed by atoms with Crippen LogP contribution in [0.1, 0.15) is 7.60 Å². The second-order valence-corrected chi connectivity index (χ2v) is 3.49. The number of alkyl halides is 1. The van der Waals surface area contributed by atoms with Gasteiger partial charge in [0.1, 0.15) is 37.4 Å². The highest BCUT2D eigenvalue weighted by Crippen LogP contribution is 2.31. The normalized spacial score (nSPS) is 35.6. The van der Waals surface area contributed by atoms with Crippen molar-refractivity contribution in [3.8, 4) is 0 Å². The lowest BCUT2D eigenvalue weighted by atomic mass is 10.1. The SMILES string of the molecule is [2H]C(F)[C@H]1O[C@H](n2ccnc2[N+](=O)[O-])[C@@H](O)[C@@H]1O. The molecule has 0 saturated carbocycles. The van der Waals surface area contributed by atoms with E-state index in [1.54, 1.807) is 0 Å². The Morgan fingerprint density at radius 1 is 1.71 bits per heavy atom.